The van der Waals surface area contributed by atoms with Crippen molar-refractivity contribution >= 4 is 17.2 Å². The topological polar surface area (TPSA) is 54.0 Å². The lowest BCUT2D eigenvalue weighted by molar-refractivity contribution is -0.125. The van der Waals surface area contributed by atoms with Crippen molar-refractivity contribution in [1.82, 2.24) is 15.6 Å². The summed E-state index contributed by atoms with van der Waals surface area (Å²) in [4.78, 5) is 16.4. The highest BCUT2D eigenvalue weighted by molar-refractivity contribution is 7.09. The van der Waals surface area contributed by atoms with Crippen molar-refractivity contribution in [3.8, 4) is 0 Å². The summed E-state index contributed by atoms with van der Waals surface area (Å²) in [6, 6.07) is -0.0389. The highest BCUT2D eigenvalue weighted by Crippen LogP contribution is 2.22. The van der Waals surface area contributed by atoms with E-state index in [1.807, 2.05) is 19.2 Å². The fourth-order valence-corrected chi connectivity index (χ4v) is 2.77. The Kier molecular flexibility index (Phi) is 3.79. The molecule has 1 unspecified atom stereocenters. The Hall–Kier alpha value is -0.940. The largest absolute Gasteiger partial charge is 0.343 e. The van der Waals surface area contributed by atoms with Crippen LogP contribution in [0.4, 0.5) is 0 Å². The van der Waals surface area contributed by atoms with Crippen LogP contribution in [0.5, 0.6) is 0 Å². The number of nitrogens with zero attached hydrogens (tertiary/aromatic N) is 1. The van der Waals surface area contributed by atoms with Crippen LogP contribution in [0.25, 0.3) is 0 Å². The van der Waals surface area contributed by atoms with E-state index in [4.69, 9.17) is 0 Å². The van der Waals surface area contributed by atoms with E-state index < -0.39 is 0 Å². The third kappa shape index (κ3) is 3.04. The average molecular weight is 253 g/mol. The lowest BCUT2D eigenvalue weighted by Gasteiger charge is -2.29. The number of aromatic nitrogens is 1. The van der Waals surface area contributed by atoms with Gasteiger partial charge in [0.1, 0.15) is 5.01 Å². The molecule has 0 saturated carbocycles. The molecule has 0 aliphatic carbocycles. The molecule has 1 aliphatic heterocycles. The first kappa shape index (κ1) is 12.5. The molecule has 4 nitrogen and oxygen atoms in total. The Morgan fingerprint density at radius 1 is 1.59 bits per heavy atom. The molecule has 2 N–H and O–H groups in total. The van der Waals surface area contributed by atoms with Gasteiger partial charge in [0.15, 0.2) is 0 Å². The summed E-state index contributed by atoms with van der Waals surface area (Å²) in [7, 11) is 0. The second-order valence-electron chi connectivity index (χ2n) is 4.95. The maximum atomic E-state index is 12.1. The third-order valence-corrected chi connectivity index (χ3v) is 4.13. The van der Waals surface area contributed by atoms with Crippen LogP contribution in [-0.4, -0.2) is 23.5 Å². The molecule has 1 aromatic rings. The van der Waals surface area contributed by atoms with E-state index >= 15 is 0 Å². The molecule has 17 heavy (non-hydrogen) atoms. The fraction of sp³-hybridized carbons (Fsp3) is 0.667. The summed E-state index contributed by atoms with van der Waals surface area (Å²) >= 11 is 1.57. The third-order valence-electron chi connectivity index (χ3n) is 3.03. The molecule has 1 atom stereocenters. The monoisotopic (exact) mass is 253 g/mol. The second kappa shape index (κ2) is 5.14. The average Bonchev–Trinajstić information content (AvgIpc) is 2.84. The van der Waals surface area contributed by atoms with E-state index in [0.717, 1.165) is 24.4 Å². The Morgan fingerprint density at radius 3 is 3.00 bits per heavy atom. The standard InChI is InChI=1S/C12H19N3OS/c1-12(2,11-14-7-8-17-11)15-10(16)9-5-3-4-6-13-9/h7-9,13H,3-6H2,1-2H3,(H,15,16). The zero-order chi connectivity index (χ0) is 12.3. The van der Waals surface area contributed by atoms with Gasteiger partial charge in [0.2, 0.25) is 5.91 Å². The van der Waals surface area contributed by atoms with Gasteiger partial charge in [0, 0.05) is 11.6 Å². The Labute approximate surface area is 106 Å². The number of rotatable bonds is 3. The van der Waals surface area contributed by atoms with Crippen LogP contribution in [-0.2, 0) is 10.3 Å². The maximum absolute atomic E-state index is 12.1. The lowest BCUT2D eigenvalue weighted by Crippen LogP contribution is -2.52. The molecule has 1 aromatic heterocycles. The van der Waals surface area contributed by atoms with Crippen LogP contribution >= 0.6 is 11.3 Å². The molecule has 0 radical (unpaired) electrons. The van der Waals surface area contributed by atoms with E-state index in [2.05, 4.69) is 15.6 Å². The number of amides is 1. The molecule has 1 amide bonds. The Bertz CT molecular complexity index is 369. The first-order chi connectivity index (χ1) is 8.09. The van der Waals surface area contributed by atoms with Crippen molar-refractivity contribution in [2.24, 2.45) is 0 Å². The summed E-state index contributed by atoms with van der Waals surface area (Å²) in [5, 5.41) is 9.21. The van der Waals surface area contributed by atoms with Gasteiger partial charge in [-0.05, 0) is 33.2 Å². The van der Waals surface area contributed by atoms with E-state index in [-0.39, 0.29) is 17.5 Å². The molecule has 0 aromatic carbocycles. The van der Waals surface area contributed by atoms with Crippen molar-refractivity contribution in [3.05, 3.63) is 16.6 Å². The van der Waals surface area contributed by atoms with Crippen molar-refractivity contribution in [1.29, 1.82) is 0 Å². The van der Waals surface area contributed by atoms with Gasteiger partial charge in [-0.2, -0.15) is 0 Å². The quantitative estimate of drug-likeness (QED) is 0.861. The molecule has 2 heterocycles. The molecular formula is C12H19N3OS. The Morgan fingerprint density at radius 2 is 2.41 bits per heavy atom. The molecule has 1 aliphatic rings. The summed E-state index contributed by atoms with van der Waals surface area (Å²) in [6.45, 7) is 4.93. The van der Waals surface area contributed by atoms with Crippen LogP contribution in [0.3, 0.4) is 0 Å². The minimum Gasteiger partial charge on any atom is -0.343 e. The van der Waals surface area contributed by atoms with Gasteiger partial charge in [0.25, 0.3) is 0 Å². The predicted molar refractivity (Wildman–Crippen MR) is 68.9 cm³/mol. The predicted octanol–water partition coefficient (Wildman–Crippen LogP) is 1.64. The fourth-order valence-electron chi connectivity index (χ4n) is 2.06. The number of hydrogen-bond acceptors (Lipinski definition) is 4. The summed E-state index contributed by atoms with van der Waals surface area (Å²) in [5.74, 6) is 0.0879. The minimum absolute atomic E-state index is 0.0389. The van der Waals surface area contributed by atoms with Gasteiger partial charge in [0.05, 0.1) is 11.6 Å². The number of piperidine rings is 1. The molecule has 1 fully saturated rings. The number of nitrogens with one attached hydrogen (secondary N) is 2. The SMILES string of the molecule is CC(C)(NC(=O)C1CCCCN1)c1nccs1. The highest BCUT2D eigenvalue weighted by atomic mass is 32.1. The molecule has 94 valence electrons. The van der Waals surface area contributed by atoms with E-state index in [0.29, 0.717) is 0 Å². The van der Waals surface area contributed by atoms with Gasteiger partial charge in [-0.25, -0.2) is 4.98 Å². The van der Waals surface area contributed by atoms with Crippen molar-refractivity contribution in [2.45, 2.75) is 44.7 Å². The summed E-state index contributed by atoms with van der Waals surface area (Å²) in [5.41, 5.74) is -0.385. The van der Waals surface area contributed by atoms with Gasteiger partial charge in [-0.3, -0.25) is 4.79 Å². The van der Waals surface area contributed by atoms with Gasteiger partial charge >= 0.3 is 0 Å². The molecular weight excluding hydrogens is 234 g/mol. The summed E-state index contributed by atoms with van der Waals surface area (Å²) < 4.78 is 0. The zero-order valence-electron chi connectivity index (χ0n) is 10.3. The first-order valence-corrected chi connectivity index (χ1v) is 6.93. The normalized spacial score (nSPS) is 21.2. The molecule has 0 bridgehead atoms. The number of thiazole rings is 1. The minimum atomic E-state index is -0.385. The number of carbonyl (C=O) groups is 1. The zero-order valence-corrected chi connectivity index (χ0v) is 11.1. The van der Waals surface area contributed by atoms with E-state index in [9.17, 15) is 4.79 Å². The highest BCUT2D eigenvalue weighted by Gasteiger charge is 2.29. The number of carbonyl (C=O) groups excluding carboxylic acids is 1. The Balaban J connectivity index is 1.97. The first-order valence-electron chi connectivity index (χ1n) is 6.05. The van der Waals surface area contributed by atoms with E-state index in [1.165, 1.54) is 6.42 Å². The molecule has 5 heteroatoms. The van der Waals surface area contributed by atoms with Crippen LogP contribution in [0.15, 0.2) is 11.6 Å². The van der Waals surface area contributed by atoms with Crippen molar-refractivity contribution in [3.63, 3.8) is 0 Å². The molecule has 1 saturated heterocycles. The maximum Gasteiger partial charge on any atom is 0.237 e. The summed E-state index contributed by atoms with van der Waals surface area (Å²) in [6.07, 6.45) is 5.00. The van der Waals surface area contributed by atoms with Gasteiger partial charge in [-0.1, -0.05) is 6.42 Å². The van der Waals surface area contributed by atoms with Gasteiger partial charge < -0.3 is 10.6 Å². The molecule has 0 spiro atoms. The van der Waals surface area contributed by atoms with Gasteiger partial charge in [-0.15, -0.1) is 11.3 Å². The van der Waals surface area contributed by atoms with E-state index in [1.54, 1.807) is 17.5 Å². The molecule has 2 rings (SSSR count). The number of hydrogen-bond donors (Lipinski definition) is 2. The lowest BCUT2D eigenvalue weighted by atomic mass is 10.0. The van der Waals surface area contributed by atoms with Crippen molar-refractivity contribution in [2.75, 3.05) is 6.54 Å². The van der Waals surface area contributed by atoms with Crippen LogP contribution in [0.1, 0.15) is 38.1 Å². The van der Waals surface area contributed by atoms with Crippen LogP contribution < -0.4 is 10.6 Å². The van der Waals surface area contributed by atoms with Crippen LogP contribution in [0.2, 0.25) is 0 Å². The second-order valence-corrected chi connectivity index (χ2v) is 5.85. The van der Waals surface area contributed by atoms with Crippen molar-refractivity contribution < 1.29 is 4.79 Å². The smallest absolute Gasteiger partial charge is 0.237 e. The van der Waals surface area contributed by atoms with Crippen LogP contribution in [0, 0.1) is 0 Å².